The van der Waals surface area contributed by atoms with Crippen molar-refractivity contribution >= 4 is 28.8 Å². The van der Waals surface area contributed by atoms with Gasteiger partial charge in [0.1, 0.15) is 0 Å². The largest absolute Gasteiger partial charge is 0.493 e. The summed E-state index contributed by atoms with van der Waals surface area (Å²) < 4.78 is 16.3. The van der Waals surface area contributed by atoms with Crippen LogP contribution in [-0.2, 0) is 20.7 Å². The van der Waals surface area contributed by atoms with E-state index in [9.17, 15) is 9.59 Å². The monoisotopic (exact) mass is 461 g/mol. The summed E-state index contributed by atoms with van der Waals surface area (Å²) in [5.74, 6) is 0.633. The zero-order valence-corrected chi connectivity index (χ0v) is 19.0. The minimum atomic E-state index is -0.207. The van der Waals surface area contributed by atoms with E-state index < -0.39 is 0 Å². The van der Waals surface area contributed by atoms with Gasteiger partial charge >= 0.3 is 0 Å². The molecule has 34 heavy (non-hydrogen) atoms. The van der Waals surface area contributed by atoms with E-state index in [2.05, 4.69) is 10.5 Å². The van der Waals surface area contributed by atoms with E-state index >= 15 is 0 Å². The molecule has 3 aromatic carbocycles. The summed E-state index contributed by atoms with van der Waals surface area (Å²) in [6, 6.07) is 19.1. The standard InChI is InChI=1S/C26H27N3O5/c1-32-24-15-19(9-10-23(24)34-18-26(31)29-11-13-33-14-12-29)17-27-28-25(30)16-21-7-4-6-20-5-2-3-8-22(20)21/h2-10,15,17H,11-14,16,18H2,1H3,(H,28,30)/b27-17-. The van der Waals surface area contributed by atoms with Crippen LogP contribution in [0, 0.1) is 0 Å². The van der Waals surface area contributed by atoms with Gasteiger partial charge in [-0.2, -0.15) is 5.10 Å². The van der Waals surface area contributed by atoms with Gasteiger partial charge in [-0.3, -0.25) is 9.59 Å². The summed E-state index contributed by atoms with van der Waals surface area (Å²) in [4.78, 5) is 26.4. The second kappa shape index (κ2) is 11.3. The number of nitrogens with one attached hydrogen (secondary N) is 1. The van der Waals surface area contributed by atoms with E-state index in [4.69, 9.17) is 14.2 Å². The molecule has 1 fully saturated rings. The van der Waals surface area contributed by atoms with Crippen LogP contribution in [0.4, 0.5) is 0 Å². The number of hydrazone groups is 1. The lowest BCUT2D eigenvalue weighted by Crippen LogP contribution is -2.43. The van der Waals surface area contributed by atoms with Crippen molar-refractivity contribution in [3.05, 3.63) is 71.8 Å². The zero-order chi connectivity index (χ0) is 23.8. The average molecular weight is 462 g/mol. The Kier molecular flexibility index (Phi) is 7.72. The first-order valence-corrected chi connectivity index (χ1v) is 11.1. The van der Waals surface area contributed by atoms with Crippen molar-refractivity contribution in [1.29, 1.82) is 0 Å². The fourth-order valence-corrected chi connectivity index (χ4v) is 3.77. The highest BCUT2D eigenvalue weighted by Crippen LogP contribution is 2.27. The fourth-order valence-electron chi connectivity index (χ4n) is 3.77. The van der Waals surface area contributed by atoms with Crippen molar-refractivity contribution in [1.82, 2.24) is 10.3 Å². The molecule has 0 unspecified atom stereocenters. The van der Waals surface area contributed by atoms with Crippen LogP contribution in [-0.4, -0.2) is 62.9 Å². The molecule has 8 nitrogen and oxygen atoms in total. The van der Waals surface area contributed by atoms with Gasteiger partial charge in [0.2, 0.25) is 5.91 Å². The normalized spacial score (nSPS) is 13.7. The lowest BCUT2D eigenvalue weighted by Gasteiger charge is -2.26. The number of methoxy groups -OCH3 is 1. The number of nitrogens with zero attached hydrogens (tertiary/aromatic N) is 2. The molecule has 0 aromatic heterocycles. The Morgan fingerprint density at radius 1 is 1.06 bits per heavy atom. The Bertz CT molecular complexity index is 1180. The van der Waals surface area contributed by atoms with Crippen LogP contribution in [0.1, 0.15) is 11.1 Å². The Morgan fingerprint density at radius 3 is 2.68 bits per heavy atom. The van der Waals surface area contributed by atoms with Crippen LogP contribution >= 0.6 is 0 Å². The number of benzene rings is 3. The Labute approximate surface area is 198 Å². The number of amides is 2. The van der Waals surface area contributed by atoms with Crippen LogP contribution in [0.25, 0.3) is 10.8 Å². The Balaban J connectivity index is 1.32. The maximum atomic E-state index is 12.4. The number of carbonyl (C=O) groups is 2. The van der Waals surface area contributed by atoms with E-state index in [1.807, 2.05) is 42.5 Å². The first-order chi connectivity index (χ1) is 16.6. The molecule has 1 N–H and O–H groups in total. The SMILES string of the molecule is COc1cc(/C=N\NC(=O)Cc2cccc3ccccc23)ccc1OCC(=O)N1CCOCC1. The predicted molar refractivity (Wildman–Crippen MR) is 129 cm³/mol. The van der Waals surface area contributed by atoms with E-state index in [1.165, 1.54) is 13.3 Å². The molecule has 1 aliphatic heterocycles. The summed E-state index contributed by atoms with van der Waals surface area (Å²) in [5.41, 5.74) is 4.23. The van der Waals surface area contributed by atoms with Crippen LogP contribution in [0.2, 0.25) is 0 Å². The third-order valence-electron chi connectivity index (χ3n) is 5.54. The van der Waals surface area contributed by atoms with Crippen molar-refractivity contribution in [2.24, 2.45) is 5.10 Å². The van der Waals surface area contributed by atoms with Gasteiger partial charge in [-0.1, -0.05) is 42.5 Å². The molecule has 0 atom stereocenters. The van der Waals surface area contributed by atoms with Crippen LogP contribution < -0.4 is 14.9 Å². The quantitative estimate of drug-likeness (QED) is 0.412. The summed E-state index contributed by atoms with van der Waals surface area (Å²) >= 11 is 0. The second-order valence-corrected chi connectivity index (χ2v) is 7.80. The topological polar surface area (TPSA) is 89.5 Å². The van der Waals surface area contributed by atoms with Crippen molar-refractivity contribution in [2.75, 3.05) is 40.0 Å². The molecule has 4 rings (SSSR count). The van der Waals surface area contributed by atoms with Gasteiger partial charge in [-0.15, -0.1) is 0 Å². The molecule has 3 aromatic rings. The molecule has 0 saturated carbocycles. The van der Waals surface area contributed by atoms with Gasteiger partial charge in [0.25, 0.3) is 5.91 Å². The molecule has 2 amide bonds. The van der Waals surface area contributed by atoms with Crippen molar-refractivity contribution in [3.63, 3.8) is 0 Å². The third-order valence-corrected chi connectivity index (χ3v) is 5.54. The molecular weight excluding hydrogens is 434 g/mol. The minimum absolute atomic E-state index is 0.0754. The maximum Gasteiger partial charge on any atom is 0.260 e. The molecule has 0 bridgehead atoms. The van der Waals surface area contributed by atoms with Gasteiger partial charge in [-0.05, 0) is 40.1 Å². The number of hydrogen-bond acceptors (Lipinski definition) is 6. The second-order valence-electron chi connectivity index (χ2n) is 7.80. The van der Waals surface area contributed by atoms with Crippen molar-refractivity contribution in [2.45, 2.75) is 6.42 Å². The molecule has 8 heteroatoms. The summed E-state index contributed by atoms with van der Waals surface area (Å²) in [6.45, 7) is 2.15. The molecule has 176 valence electrons. The van der Waals surface area contributed by atoms with Crippen LogP contribution in [0.5, 0.6) is 11.5 Å². The highest BCUT2D eigenvalue weighted by Gasteiger charge is 2.18. The Morgan fingerprint density at radius 2 is 1.85 bits per heavy atom. The van der Waals surface area contributed by atoms with Gasteiger partial charge in [0.15, 0.2) is 18.1 Å². The lowest BCUT2D eigenvalue weighted by atomic mass is 10.0. The number of rotatable bonds is 8. The molecule has 1 aliphatic rings. The summed E-state index contributed by atoms with van der Waals surface area (Å²) in [6.07, 6.45) is 1.76. The average Bonchev–Trinajstić information content (AvgIpc) is 2.88. The fraction of sp³-hybridized carbons (Fsp3) is 0.269. The molecule has 0 radical (unpaired) electrons. The van der Waals surface area contributed by atoms with Crippen molar-refractivity contribution < 1.29 is 23.8 Å². The number of morpholine rings is 1. The summed E-state index contributed by atoms with van der Waals surface area (Å²) in [7, 11) is 1.53. The third kappa shape index (κ3) is 5.90. The predicted octanol–water partition coefficient (Wildman–Crippen LogP) is 2.78. The highest BCUT2D eigenvalue weighted by atomic mass is 16.5. The molecule has 0 aliphatic carbocycles. The van der Waals surface area contributed by atoms with Gasteiger partial charge in [0.05, 0.1) is 33.0 Å². The minimum Gasteiger partial charge on any atom is -0.493 e. The van der Waals surface area contributed by atoms with Crippen LogP contribution in [0.15, 0.2) is 65.8 Å². The first-order valence-electron chi connectivity index (χ1n) is 11.1. The van der Waals surface area contributed by atoms with E-state index in [0.29, 0.717) is 43.4 Å². The number of ether oxygens (including phenoxy) is 3. The first kappa shape index (κ1) is 23.3. The summed E-state index contributed by atoms with van der Waals surface area (Å²) in [5, 5.41) is 6.21. The van der Waals surface area contributed by atoms with E-state index in [1.54, 1.807) is 23.1 Å². The van der Waals surface area contributed by atoms with E-state index in [0.717, 1.165) is 16.3 Å². The molecule has 1 saturated heterocycles. The van der Waals surface area contributed by atoms with Gasteiger partial charge in [-0.25, -0.2) is 5.43 Å². The van der Waals surface area contributed by atoms with Gasteiger partial charge in [0, 0.05) is 13.1 Å². The number of hydrogen-bond donors (Lipinski definition) is 1. The zero-order valence-electron chi connectivity index (χ0n) is 19.0. The van der Waals surface area contributed by atoms with Crippen LogP contribution in [0.3, 0.4) is 0 Å². The molecule has 1 heterocycles. The van der Waals surface area contributed by atoms with E-state index in [-0.39, 0.29) is 24.8 Å². The Hall–Kier alpha value is -3.91. The lowest BCUT2D eigenvalue weighted by molar-refractivity contribution is -0.137. The molecular formula is C26H27N3O5. The number of carbonyl (C=O) groups excluding carboxylic acids is 2. The molecule has 0 spiro atoms. The maximum absolute atomic E-state index is 12.4. The van der Waals surface area contributed by atoms with Crippen molar-refractivity contribution in [3.8, 4) is 11.5 Å². The highest BCUT2D eigenvalue weighted by molar-refractivity contribution is 5.90. The number of fused-ring (bicyclic) bond motifs is 1. The smallest absolute Gasteiger partial charge is 0.260 e. The van der Waals surface area contributed by atoms with Gasteiger partial charge < -0.3 is 19.1 Å².